The number of alkyl halides is 2. The van der Waals surface area contributed by atoms with E-state index < -0.39 is 11.8 Å². The van der Waals surface area contributed by atoms with Crippen LogP contribution >= 0.6 is 0 Å². The van der Waals surface area contributed by atoms with Crippen LogP contribution in [-0.2, 0) is 0 Å². The van der Waals surface area contributed by atoms with Gasteiger partial charge >= 0.3 is 0 Å². The molecule has 2 N–H and O–H groups in total. The van der Waals surface area contributed by atoms with E-state index >= 15 is 0 Å². The molecule has 1 nitrogen and oxygen atoms in total. The van der Waals surface area contributed by atoms with Crippen LogP contribution in [0.25, 0.3) is 0 Å². The predicted octanol–water partition coefficient (Wildman–Crippen LogP) is 1.63. The first-order chi connectivity index (χ1) is 4.40. The lowest BCUT2D eigenvalue weighted by Crippen LogP contribution is -2.28. The fraction of sp³-hybridized carbons (Fsp3) is 1.00. The van der Waals surface area contributed by atoms with Crippen LogP contribution in [0.3, 0.4) is 0 Å². The Morgan fingerprint density at radius 2 is 2.00 bits per heavy atom. The van der Waals surface area contributed by atoms with E-state index in [9.17, 15) is 8.78 Å². The lowest BCUT2D eigenvalue weighted by Gasteiger charge is -2.21. The third-order valence-corrected chi connectivity index (χ3v) is 2.30. The number of hydrogen-bond acceptors (Lipinski definition) is 1. The summed E-state index contributed by atoms with van der Waals surface area (Å²) < 4.78 is 24.8. The Bertz CT molecular complexity index is 143. The van der Waals surface area contributed by atoms with E-state index in [0.29, 0.717) is 6.54 Å². The summed E-state index contributed by atoms with van der Waals surface area (Å²) in [6.45, 7) is 3.92. The van der Waals surface area contributed by atoms with Crippen LogP contribution in [0.2, 0.25) is 0 Å². The molecular weight excluding hydrogens is 136 g/mol. The first-order valence-electron chi connectivity index (χ1n) is 3.48. The van der Waals surface area contributed by atoms with Gasteiger partial charge in [0.05, 0.1) is 0 Å². The summed E-state index contributed by atoms with van der Waals surface area (Å²) in [7, 11) is 0. The monoisotopic (exact) mass is 149 g/mol. The lowest BCUT2D eigenvalue weighted by molar-refractivity contribution is 0.0684. The molecule has 0 saturated heterocycles. The average molecular weight is 149 g/mol. The second-order valence-electron chi connectivity index (χ2n) is 3.71. The predicted molar refractivity (Wildman–Crippen MR) is 35.9 cm³/mol. The fourth-order valence-electron chi connectivity index (χ4n) is 1.20. The molecule has 0 aromatic heterocycles. The van der Waals surface area contributed by atoms with E-state index in [2.05, 4.69) is 0 Å². The minimum Gasteiger partial charge on any atom is -0.330 e. The minimum atomic E-state index is -2.43. The SMILES string of the molecule is CC(C)(CN)C1CC1(F)F. The largest absolute Gasteiger partial charge is 0.330 e. The van der Waals surface area contributed by atoms with Crippen LogP contribution in [-0.4, -0.2) is 12.5 Å². The summed E-state index contributed by atoms with van der Waals surface area (Å²) in [5.74, 6) is -2.91. The first kappa shape index (κ1) is 7.92. The molecule has 0 spiro atoms. The molecule has 1 unspecified atom stereocenters. The van der Waals surface area contributed by atoms with Gasteiger partial charge in [-0.2, -0.15) is 0 Å². The molecule has 1 aliphatic carbocycles. The van der Waals surface area contributed by atoms with Gasteiger partial charge < -0.3 is 5.73 Å². The van der Waals surface area contributed by atoms with Crippen molar-refractivity contribution < 1.29 is 8.78 Å². The Balaban J connectivity index is 2.54. The highest BCUT2D eigenvalue weighted by Gasteiger charge is 2.62. The molecule has 3 heteroatoms. The van der Waals surface area contributed by atoms with Crippen LogP contribution in [0.1, 0.15) is 20.3 Å². The number of halogens is 2. The van der Waals surface area contributed by atoms with Crippen molar-refractivity contribution in [2.24, 2.45) is 17.1 Å². The first-order valence-corrected chi connectivity index (χ1v) is 3.48. The maximum Gasteiger partial charge on any atom is 0.252 e. The van der Waals surface area contributed by atoms with Gasteiger partial charge in [-0.3, -0.25) is 0 Å². The zero-order valence-corrected chi connectivity index (χ0v) is 6.32. The standard InChI is InChI=1S/C7H13F2N/c1-6(2,4-10)5-3-7(5,8)9/h5H,3-4,10H2,1-2H3. The van der Waals surface area contributed by atoms with Gasteiger partial charge in [0.2, 0.25) is 0 Å². The quantitative estimate of drug-likeness (QED) is 0.634. The molecule has 0 amide bonds. The van der Waals surface area contributed by atoms with Crippen molar-refractivity contribution in [3.05, 3.63) is 0 Å². The smallest absolute Gasteiger partial charge is 0.252 e. The number of nitrogens with two attached hydrogens (primary N) is 1. The zero-order valence-electron chi connectivity index (χ0n) is 6.32. The van der Waals surface area contributed by atoms with Crippen LogP contribution < -0.4 is 5.73 Å². The van der Waals surface area contributed by atoms with Crippen molar-refractivity contribution in [3.8, 4) is 0 Å². The van der Waals surface area contributed by atoms with Crippen LogP contribution in [0.4, 0.5) is 8.78 Å². The third-order valence-electron chi connectivity index (χ3n) is 2.30. The molecule has 10 heavy (non-hydrogen) atoms. The maximum atomic E-state index is 12.4. The van der Waals surface area contributed by atoms with Crippen molar-refractivity contribution in [2.75, 3.05) is 6.54 Å². The van der Waals surface area contributed by atoms with Gasteiger partial charge in [0, 0.05) is 12.3 Å². The Morgan fingerprint density at radius 3 is 2.10 bits per heavy atom. The molecule has 0 radical (unpaired) electrons. The van der Waals surface area contributed by atoms with E-state index in [1.807, 2.05) is 0 Å². The van der Waals surface area contributed by atoms with Gasteiger partial charge in [-0.1, -0.05) is 13.8 Å². The highest BCUT2D eigenvalue weighted by atomic mass is 19.3. The number of rotatable bonds is 2. The van der Waals surface area contributed by atoms with Gasteiger partial charge in [-0.05, 0) is 12.0 Å². The summed E-state index contributed by atoms with van der Waals surface area (Å²) in [5.41, 5.74) is 4.95. The molecule has 1 aliphatic rings. The van der Waals surface area contributed by atoms with E-state index in [1.165, 1.54) is 0 Å². The molecule has 60 valence electrons. The summed E-state index contributed by atoms with van der Waals surface area (Å²) in [5, 5.41) is 0. The topological polar surface area (TPSA) is 26.0 Å². The van der Waals surface area contributed by atoms with Gasteiger partial charge in [-0.25, -0.2) is 8.78 Å². The highest BCUT2D eigenvalue weighted by molar-refractivity contribution is 5.03. The highest BCUT2D eigenvalue weighted by Crippen LogP contribution is 2.57. The normalized spacial score (nSPS) is 30.3. The molecule has 1 atom stereocenters. The van der Waals surface area contributed by atoms with Crippen molar-refractivity contribution in [3.63, 3.8) is 0 Å². The molecule has 0 aromatic carbocycles. The Morgan fingerprint density at radius 1 is 1.60 bits per heavy atom. The maximum absolute atomic E-state index is 12.4. The van der Waals surface area contributed by atoms with Gasteiger partial charge in [-0.15, -0.1) is 0 Å². The number of hydrogen-bond donors (Lipinski definition) is 1. The summed E-state index contributed by atoms with van der Waals surface area (Å²) in [6.07, 6.45) is 0.0250. The second kappa shape index (κ2) is 1.91. The van der Waals surface area contributed by atoms with Crippen molar-refractivity contribution in [1.82, 2.24) is 0 Å². The second-order valence-corrected chi connectivity index (χ2v) is 3.71. The fourth-order valence-corrected chi connectivity index (χ4v) is 1.20. The molecule has 1 rings (SSSR count). The molecule has 1 fully saturated rings. The molecular formula is C7H13F2N. The van der Waals surface area contributed by atoms with Gasteiger partial charge in [0.1, 0.15) is 0 Å². The average Bonchev–Trinajstić information content (AvgIpc) is 2.41. The Labute approximate surface area is 59.6 Å². The van der Waals surface area contributed by atoms with E-state index in [1.54, 1.807) is 13.8 Å². The molecule has 0 bridgehead atoms. The molecule has 0 heterocycles. The molecule has 0 aliphatic heterocycles. The molecule has 1 saturated carbocycles. The van der Waals surface area contributed by atoms with Crippen LogP contribution in [0.15, 0.2) is 0 Å². The van der Waals surface area contributed by atoms with E-state index in [0.717, 1.165) is 0 Å². The Kier molecular flexibility index (Phi) is 1.51. The van der Waals surface area contributed by atoms with Crippen molar-refractivity contribution in [2.45, 2.75) is 26.2 Å². The Hall–Kier alpha value is -0.180. The van der Waals surface area contributed by atoms with E-state index in [4.69, 9.17) is 5.73 Å². The van der Waals surface area contributed by atoms with Crippen LogP contribution in [0.5, 0.6) is 0 Å². The van der Waals surface area contributed by atoms with Gasteiger partial charge in [0.25, 0.3) is 5.92 Å². The zero-order chi connectivity index (χ0) is 7.99. The minimum absolute atomic E-state index is 0.0250. The van der Waals surface area contributed by atoms with Crippen molar-refractivity contribution in [1.29, 1.82) is 0 Å². The van der Waals surface area contributed by atoms with Gasteiger partial charge in [0.15, 0.2) is 0 Å². The summed E-state index contributed by atoms with van der Waals surface area (Å²) in [4.78, 5) is 0. The third kappa shape index (κ3) is 1.15. The molecule has 0 aromatic rings. The summed E-state index contributed by atoms with van der Waals surface area (Å²) in [6, 6.07) is 0. The lowest BCUT2D eigenvalue weighted by atomic mass is 9.87. The van der Waals surface area contributed by atoms with Crippen LogP contribution in [0, 0.1) is 11.3 Å². The van der Waals surface area contributed by atoms with Crippen molar-refractivity contribution >= 4 is 0 Å². The summed E-state index contributed by atoms with van der Waals surface area (Å²) >= 11 is 0. The van der Waals surface area contributed by atoms with E-state index in [-0.39, 0.29) is 11.8 Å².